The van der Waals surface area contributed by atoms with E-state index in [0.717, 1.165) is 16.7 Å². The average molecular weight is 437 g/mol. The van der Waals surface area contributed by atoms with Gasteiger partial charge in [-0.2, -0.15) is 0 Å². The molecule has 0 aliphatic carbocycles. The van der Waals surface area contributed by atoms with Crippen molar-refractivity contribution >= 4 is 40.8 Å². The number of hydrogen-bond donors (Lipinski definition) is 1. The summed E-state index contributed by atoms with van der Waals surface area (Å²) in [6.45, 7) is 4.11. The first-order valence-electron chi connectivity index (χ1n) is 9.34. The number of esters is 1. The van der Waals surface area contributed by atoms with Crippen LogP contribution in [0.2, 0.25) is 10.0 Å². The molecule has 150 valence electrons. The van der Waals surface area contributed by atoms with Crippen molar-refractivity contribution < 1.29 is 14.6 Å². The van der Waals surface area contributed by atoms with Crippen LogP contribution in [-0.4, -0.2) is 11.1 Å². The minimum Gasteiger partial charge on any atom is -0.504 e. The fourth-order valence-corrected chi connectivity index (χ4v) is 4.10. The third-order valence-corrected chi connectivity index (χ3v) is 5.45. The van der Waals surface area contributed by atoms with Crippen LogP contribution in [0.4, 0.5) is 0 Å². The van der Waals surface area contributed by atoms with E-state index in [9.17, 15) is 9.90 Å². The van der Waals surface area contributed by atoms with Gasteiger partial charge in [0, 0.05) is 10.0 Å². The maximum Gasteiger partial charge on any atom is 0.348 e. The van der Waals surface area contributed by atoms with Crippen LogP contribution in [0.15, 0.2) is 72.2 Å². The molecular weight excluding hydrogens is 419 g/mol. The highest BCUT2D eigenvalue weighted by Crippen LogP contribution is 2.35. The second-order valence-corrected chi connectivity index (χ2v) is 8.04. The summed E-state index contributed by atoms with van der Waals surface area (Å²) >= 11 is 12.1. The van der Waals surface area contributed by atoms with Crippen molar-refractivity contribution in [3.05, 3.63) is 104 Å². The number of ether oxygens (including phenoxy) is 1. The predicted molar refractivity (Wildman–Crippen MR) is 121 cm³/mol. The monoisotopic (exact) mass is 436 g/mol. The molecule has 0 atom stereocenters. The van der Waals surface area contributed by atoms with Crippen LogP contribution in [0.1, 0.15) is 22.3 Å². The van der Waals surface area contributed by atoms with Crippen LogP contribution in [0.3, 0.4) is 0 Å². The molecule has 30 heavy (non-hydrogen) atoms. The van der Waals surface area contributed by atoms with E-state index in [4.69, 9.17) is 27.9 Å². The zero-order valence-electron chi connectivity index (χ0n) is 16.4. The lowest BCUT2D eigenvalue weighted by Gasteiger charge is -2.10. The summed E-state index contributed by atoms with van der Waals surface area (Å²) in [5.41, 5.74) is 5.83. The molecule has 0 spiro atoms. The Hall–Kier alpha value is -3.01. The smallest absolute Gasteiger partial charge is 0.348 e. The first-order chi connectivity index (χ1) is 14.3. The molecule has 0 fully saturated rings. The highest BCUT2D eigenvalue weighted by atomic mass is 35.5. The molecular formula is C25H18Cl2O3. The number of aryl methyl sites for hydroxylation is 2. The Balaban J connectivity index is 1.72. The van der Waals surface area contributed by atoms with Crippen molar-refractivity contribution in [2.75, 3.05) is 0 Å². The van der Waals surface area contributed by atoms with E-state index in [1.165, 1.54) is 11.1 Å². The van der Waals surface area contributed by atoms with Crippen molar-refractivity contribution in [2.45, 2.75) is 13.8 Å². The molecule has 0 amide bonds. The number of hydrogen-bond acceptors (Lipinski definition) is 3. The van der Waals surface area contributed by atoms with Gasteiger partial charge in [0.1, 0.15) is 5.57 Å². The summed E-state index contributed by atoms with van der Waals surface area (Å²) < 4.78 is 5.31. The lowest BCUT2D eigenvalue weighted by Crippen LogP contribution is -1.98. The van der Waals surface area contributed by atoms with Crippen molar-refractivity contribution in [3.8, 4) is 11.1 Å². The normalized spacial score (nSPS) is 15.1. The lowest BCUT2D eigenvalue weighted by molar-refractivity contribution is -0.131. The molecule has 1 heterocycles. The third-order valence-electron chi connectivity index (χ3n) is 5.01. The standard InChI is InChI=1S/C25H18Cl2O3/c1-14-5-3-4-6-20(14)21-8-7-16(9-15(21)2)10-22-24(28)23(25(29)30-22)17-11-18(26)13-19(27)12-17/h3-13,28H,1-2H3/b22-10-. The summed E-state index contributed by atoms with van der Waals surface area (Å²) in [6, 6.07) is 18.8. The van der Waals surface area contributed by atoms with E-state index >= 15 is 0 Å². The second kappa shape index (κ2) is 8.02. The Labute approximate surface area is 184 Å². The summed E-state index contributed by atoms with van der Waals surface area (Å²) in [4.78, 5) is 12.4. The number of cyclic esters (lactones) is 1. The van der Waals surface area contributed by atoms with Crippen LogP contribution in [0, 0.1) is 13.8 Å². The highest BCUT2D eigenvalue weighted by molar-refractivity contribution is 6.35. The minimum atomic E-state index is -0.648. The van der Waals surface area contributed by atoms with Gasteiger partial charge in [-0.3, -0.25) is 0 Å². The Morgan fingerprint density at radius 3 is 2.20 bits per heavy atom. The molecule has 0 aromatic heterocycles. The molecule has 1 aliphatic heterocycles. The number of carbonyl (C=O) groups excluding carboxylic acids is 1. The van der Waals surface area contributed by atoms with Crippen molar-refractivity contribution in [2.24, 2.45) is 0 Å². The fraction of sp³-hybridized carbons (Fsp3) is 0.0800. The molecule has 0 saturated carbocycles. The zero-order chi connectivity index (χ0) is 21.4. The van der Waals surface area contributed by atoms with Crippen molar-refractivity contribution in [3.63, 3.8) is 0 Å². The predicted octanol–water partition coefficient (Wildman–Crippen LogP) is 7.14. The molecule has 0 saturated heterocycles. The Morgan fingerprint density at radius 2 is 1.53 bits per heavy atom. The summed E-state index contributed by atoms with van der Waals surface area (Å²) in [7, 11) is 0. The van der Waals surface area contributed by atoms with Gasteiger partial charge in [-0.05, 0) is 71.5 Å². The maximum absolute atomic E-state index is 12.4. The van der Waals surface area contributed by atoms with Gasteiger partial charge in [-0.25, -0.2) is 4.79 Å². The van der Waals surface area contributed by atoms with E-state index in [2.05, 4.69) is 19.1 Å². The van der Waals surface area contributed by atoms with Crippen LogP contribution >= 0.6 is 23.2 Å². The van der Waals surface area contributed by atoms with E-state index in [0.29, 0.717) is 15.6 Å². The van der Waals surface area contributed by atoms with E-state index in [1.54, 1.807) is 24.3 Å². The lowest BCUT2D eigenvalue weighted by atomic mass is 9.95. The number of aliphatic hydroxyl groups is 1. The molecule has 3 aromatic carbocycles. The quantitative estimate of drug-likeness (QED) is 0.443. The molecule has 4 rings (SSSR count). The van der Waals surface area contributed by atoms with Crippen LogP contribution in [-0.2, 0) is 9.53 Å². The van der Waals surface area contributed by atoms with Gasteiger partial charge >= 0.3 is 5.97 Å². The molecule has 3 aromatic rings. The number of aliphatic hydroxyl groups excluding tert-OH is 1. The zero-order valence-corrected chi connectivity index (χ0v) is 17.9. The fourth-order valence-electron chi connectivity index (χ4n) is 3.57. The average Bonchev–Trinajstić information content (AvgIpc) is 2.95. The maximum atomic E-state index is 12.4. The SMILES string of the molecule is Cc1ccccc1-c1ccc(/C=C2\OC(=O)C(c3cc(Cl)cc(Cl)c3)=C2O)cc1C. The van der Waals surface area contributed by atoms with Gasteiger partial charge in [0.05, 0.1) is 0 Å². The van der Waals surface area contributed by atoms with E-state index in [-0.39, 0.29) is 17.1 Å². The third kappa shape index (κ3) is 3.87. The van der Waals surface area contributed by atoms with Gasteiger partial charge in [0.25, 0.3) is 0 Å². The van der Waals surface area contributed by atoms with Gasteiger partial charge < -0.3 is 9.84 Å². The first kappa shape index (κ1) is 20.3. The summed E-state index contributed by atoms with van der Waals surface area (Å²) in [6.07, 6.45) is 1.64. The topological polar surface area (TPSA) is 46.5 Å². The first-order valence-corrected chi connectivity index (χ1v) is 10.1. The van der Waals surface area contributed by atoms with E-state index < -0.39 is 5.97 Å². The molecule has 3 nitrogen and oxygen atoms in total. The largest absolute Gasteiger partial charge is 0.504 e. The second-order valence-electron chi connectivity index (χ2n) is 7.17. The number of rotatable bonds is 3. The Morgan fingerprint density at radius 1 is 0.867 bits per heavy atom. The van der Waals surface area contributed by atoms with E-state index in [1.807, 2.05) is 37.3 Å². The van der Waals surface area contributed by atoms with Gasteiger partial charge in [-0.15, -0.1) is 0 Å². The number of carbonyl (C=O) groups is 1. The molecule has 0 unspecified atom stereocenters. The van der Waals surface area contributed by atoms with Gasteiger partial charge in [-0.1, -0.05) is 65.7 Å². The van der Waals surface area contributed by atoms with Gasteiger partial charge in [0.15, 0.2) is 11.5 Å². The molecule has 1 aliphatic rings. The Bertz CT molecular complexity index is 1220. The van der Waals surface area contributed by atoms with Crippen molar-refractivity contribution in [1.29, 1.82) is 0 Å². The summed E-state index contributed by atoms with van der Waals surface area (Å²) in [5, 5.41) is 11.4. The molecule has 0 bridgehead atoms. The molecule has 5 heteroatoms. The van der Waals surface area contributed by atoms with Crippen molar-refractivity contribution in [1.82, 2.24) is 0 Å². The number of benzene rings is 3. The van der Waals surface area contributed by atoms with Crippen LogP contribution in [0.25, 0.3) is 22.8 Å². The van der Waals surface area contributed by atoms with Gasteiger partial charge in [0.2, 0.25) is 0 Å². The minimum absolute atomic E-state index is 0.0407. The molecule has 0 radical (unpaired) electrons. The molecule has 1 N–H and O–H groups in total. The van der Waals surface area contributed by atoms with Crippen LogP contribution in [0.5, 0.6) is 0 Å². The Kier molecular flexibility index (Phi) is 5.42. The summed E-state index contributed by atoms with van der Waals surface area (Å²) in [5.74, 6) is -0.793. The van der Waals surface area contributed by atoms with Crippen LogP contribution < -0.4 is 0 Å². The number of halogens is 2. The highest BCUT2D eigenvalue weighted by Gasteiger charge is 2.31.